The molecular formula is C15H11F3N4O. The van der Waals surface area contributed by atoms with Crippen molar-refractivity contribution in [1.82, 2.24) is 9.97 Å². The fourth-order valence-electron chi connectivity index (χ4n) is 2.25. The Hall–Kier alpha value is -2.82. The van der Waals surface area contributed by atoms with Crippen LogP contribution in [0.1, 0.15) is 11.3 Å². The Morgan fingerprint density at radius 1 is 1.22 bits per heavy atom. The number of hydrogen-bond acceptors (Lipinski definition) is 5. The second-order valence-electron chi connectivity index (χ2n) is 5.01. The first-order valence-electron chi connectivity index (χ1n) is 6.77. The molecule has 1 aliphatic rings. The smallest absolute Gasteiger partial charge is 0.433 e. The van der Waals surface area contributed by atoms with Gasteiger partial charge in [0.15, 0.2) is 0 Å². The topological polar surface area (TPSA) is 62.0 Å². The van der Waals surface area contributed by atoms with Gasteiger partial charge in [-0.1, -0.05) is 0 Å². The summed E-state index contributed by atoms with van der Waals surface area (Å²) in [4.78, 5) is 9.28. The summed E-state index contributed by atoms with van der Waals surface area (Å²) >= 11 is 0. The average Bonchev–Trinajstić information content (AvgIpc) is 2.50. The lowest BCUT2D eigenvalue weighted by atomic mass is 10.1. The summed E-state index contributed by atoms with van der Waals surface area (Å²) in [5.41, 5.74) is -0.531. The van der Waals surface area contributed by atoms with Crippen molar-refractivity contribution in [3.63, 3.8) is 0 Å². The highest BCUT2D eigenvalue weighted by molar-refractivity contribution is 5.55. The standard InChI is InChI=1S/C15H11F3N4O/c16-15(17,18)13-6-11(3-5-20-13)23-12-8-22(9-12)14-10(7-19)2-1-4-21-14/h1-6,12H,8-9H2. The second kappa shape index (κ2) is 5.76. The van der Waals surface area contributed by atoms with Gasteiger partial charge >= 0.3 is 6.18 Å². The molecule has 0 spiro atoms. The lowest BCUT2D eigenvalue weighted by Gasteiger charge is -2.40. The first-order chi connectivity index (χ1) is 11.0. The molecule has 23 heavy (non-hydrogen) atoms. The number of pyridine rings is 2. The molecule has 2 aromatic heterocycles. The van der Waals surface area contributed by atoms with Gasteiger partial charge in [0, 0.05) is 18.5 Å². The van der Waals surface area contributed by atoms with Crippen LogP contribution in [0.3, 0.4) is 0 Å². The van der Waals surface area contributed by atoms with E-state index in [0.29, 0.717) is 24.5 Å². The van der Waals surface area contributed by atoms with E-state index in [1.165, 1.54) is 6.07 Å². The minimum absolute atomic E-state index is 0.124. The third kappa shape index (κ3) is 3.18. The van der Waals surface area contributed by atoms with Crippen molar-refractivity contribution in [2.24, 2.45) is 0 Å². The fourth-order valence-corrected chi connectivity index (χ4v) is 2.25. The molecule has 2 aromatic rings. The van der Waals surface area contributed by atoms with Crippen LogP contribution in [0.15, 0.2) is 36.7 Å². The Labute approximate surface area is 130 Å². The Morgan fingerprint density at radius 2 is 2.00 bits per heavy atom. The van der Waals surface area contributed by atoms with Gasteiger partial charge in [0.25, 0.3) is 0 Å². The maximum absolute atomic E-state index is 12.6. The number of aromatic nitrogens is 2. The van der Waals surface area contributed by atoms with Crippen LogP contribution in [0.4, 0.5) is 19.0 Å². The van der Waals surface area contributed by atoms with Gasteiger partial charge in [0.05, 0.1) is 18.7 Å². The normalized spacial score (nSPS) is 15.0. The van der Waals surface area contributed by atoms with Crippen LogP contribution in [-0.4, -0.2) is 29.2 Å². The van der Waals surface area contributed by atoms with Crippen LogP contribution in [0, 0.1) is 11.3 Å². The summed E-state index contributed by atoms with van der Waals surface area (Å²) < 4.78 is 43.3. The molecular weight excluding hydrogens is 309 g/mol. The van der Waals surface area contributed by atoms with Gasteiger partial charge in [-0.25, -0.2) is 4.98 Å². The predicted octanol–water partition coefficient (Wildman–Crippen LogP) is 2.63. The monoisotopic (exact) mass is 320 g/mol. The maximum Gasteiger partial charge on any atom is 0.433 e. The summed E-state index contributed by atoms with van der Waals surface area (Å²) in [5.74, 6) is 0.680. The number of hydrogen-bond donors (Lipinski definition) is 0. The molecule has 1 saturated heterocycles. The number of nitriles is 1. The first-order valence-corrected chi connectivity index (χ1v) is 6.77. The van der Waals surface area contributed by atoms with Gasteiger partial charge in [-0.15, -0.1) is 0 Å². The Balaban J connectivity index is 1.64. The zero-order chi connectivity index (χ0) is 16.4. The van der Waals surface area contributed by atoms with Crippen LogP contribution >= 0.6 is 0 Å². The van der Waals surface area contributed by atoms with E-state index in [1.54, 1.807) is 18.3 Å². The summed E-state index contributed by atoms with van der Waals surface area (Å²) in [6, 6.07) is 7.66. The fraction of sp³-hybridized carbons (Fsp3) is 0.267. The van der Waals surface area contributed by atoms with E-state index in [1.807, 2.05) is 4.90 Å². The van der Waals surface area contributed by atoms with Gasteiger partial charge in [0.2, 0.25) is 0 Å². The van der Waals surface area contributed by atoms with E-state index in [2.05, 4.69) is 16.0 Å². The van der Waals surface area contributed by atoms with Gasteiger partial charge in [0.1, 0.15) is 29.4 Å². The number of anilines is 1. The molecule has 118 valence electrons. The first kappa shape index (κ1) is 15.1. The van der Waals surface area contributed by atoms with Crippen LogP contribution in [0.25, 0.3) is 0 Å². The van der Waals surface area contributed by atoms with E-state index < -0.39 is 11.9 Å². The summed E-state index contributed by atoms with van der Waals surface area (Å²) in [6.07, 6.45) is -2.10. The van der Waals surface area contributed by atoms with Crippen LogP contribution in [0.5, 0.6) is 5.75 Å². The average molecular weight is 320 g/mol. The van der Waals surface area contributed by atoms with Gasteiger partial charge in [-0.2, -0.15) is 18.4 Å². The predicted molar refractivity (Wildman–Crippen MR) is 74.8 cm³/mol. The van der Waals surface area contributed by atoms with E-state index in [4.69, 9.17) is 10.00 Å². The molecule has 0 radical (unpaired) electrons. The third-order valence-corrected chi connectivity index (χ3v) is 3.38. The minimum atomic E-state index is -4.50. The van der Waals surface area contributed by atoms with E-state index in [0.717, 1.165) is 12.3 Å². The Bertz CT molecular complexity index is 751. The van der Waals surface area contributed by atoms with E-state index >= 15 is 0 Å². The molecule has 1 fully saturated rings. The van der Waals surface area contributed by atoms with Crippen molar-refractivity contribution in [2.45, 2.75) is 12.3 Å². The SMILES string of the molecule is N#Cc1cccnc1N1CC(Oc2ccnc(C(F)(F)F)c2)C1. The highest BCUT2D eigenvalue weighted by Gasteiger charge is 2.34. The van der Waals surface area contributed by atoms with Gasteiger partial charge in [-0.3, -0.25) is 4.98 Å². The molecule has 0 saturated carbocycles. The van der Waals surface area contributed by atoms with Crippen LogP contribution in [0.2, 0.25) is 0 Å². The maximum atomic E-state index is 12.6. The minimum Gasteiger partial charge on any atom is -0.487 e. The molecule has 3 heterocycles. The third-order valence-electron chi connectivity index (χ3n) is 3.38. The summed E-state index contributed by atoms with van der Waals surface area (Å²) in [7, 11) is 0. The van der Waals surface area contributed by atoms with Crippen molar-refractivity contribution in [3.8, 4) is 11.8 Å². The van der Waals surface area contributed by atoms with E-state index in [9.17, 15) is 13.2 Å². The second-order valence-corrected chi connectivity index (χ2v) is 5.01. The quantitative estimate of drug-likeness (QED) is 0.870. The van der Waals surface area contributed by atoms with Crippen molar-refractivity contribution in [3.05, 3.63) is 47.9 Å². The molecule has 8 heteroatoms. The van der Waals surface area contributed by atoms with Crippen molar-refractivity contribution in [1.29, 1.82) is 5.26 Å². The Morgan fingerprint density at radius 3 is 2.70 bits per heavy atom. The zero-order valence-electron chi connectivity index (χ0n) is 11.8. The Kier molecular flexibility index (Phi) is 3.78. The molecule has 0 unspecified atom stereocenters. The largest absolute Gasteiger partial charge is 0.487 e. The van der Waals surface area contributed by atoms with E-state index in [-0.39, 0.29) is 11.9 Å². The van der Waals surface area contributed by atoms with Crippen molar-refractivity contribution >= 4 is 5.82 Å². The van der Waals surface area contributed by atoms with Crippen molar-refractivity contribution < 1.29 is 17.9 Å². The number of nitrogens with zero attached hydrogens (tertiary/aromatic N) is 4. The molecule has 0 aromatic carbocycles. The molecule has 0 amide bonds. The highest BCUT2D eigenvalue weighted by Crippen LogP contribution is 2.30. The molecule has 0 bridgehead atoms. The number of alkyl halides is 3. The lowest BCUT2D eigenvalue weighted by molar-refractivity contribution is -0.141. The van der Waals surface area contributed by atoms with Crippen molar-refractivity contribution in [2.75, 3.05) is 18.0 Å². The van der Waals surface area contributed by atoms with Crippen LogP contribution < -0.4 is 9.64 Å². The van der Waals surface area contributed by atoms with Gasteiger partial charge in [-0.05, 0) is 18.2 Å². The van der Waals surface area contributed by atoms with Gasteiger partial charge < -0.3 is 9.64 Å². The zero-order valence-corrected chi connectivity index (χ0v) is 11.8. The number of rotatable bonds is 3. The molecule has 5 nitrogen and oxygen atoms in total. The molecule has 3 rings (SSSR count). The summed E-state index contributed by atoms with van der Waals surface area (Å²) in [5, 5.41) is 9.03. The molecule has 0 N–H and O–H groups in total. The summed E-state index contributed by atoms with van der Waals surface area (Å²) in [6.45, 7) is 0.907. The molecule has 0 atom stereocenters. The number of ether oxygens (including phenoxy) is 1. The number of halogens is 3. The van der Waals surface area contributed by atoms with Crippen LogP contribution in [-0.2, 0) is 6.18 Å². The molecule has 1 aliphatic heterocycles. The lowest BCUT2D eigenvalue weighted by Crippen LogP contribution is -2.54. The highest BCUT2D eigenvalue weighted by atomic mass is 19.4. The molecule has 0 aliphatic carbocycles.